The SMILES string of the molecule is CC(C)n1c(=O)sc2cc(S(=O)(=O)N3CCC(C(=O)Nc4cccc(C#N)c4)CC3)ccc21. The molecular weight excluding hydrogens is 460 g/mol. The molecule has 1 aliphatic rings. The second kappa shape index (κ2) is 9.09. The maximum Gasteiger partial charge on any atom is 0.308 e. The van der Waals surface area contributed by atoms with E-state index in [2.05, 4.69) is 5.32 Å². The number of anilines is 1. The number of sulfonamides is 1. The normalized spacial score (nSPS) is 15.6. The van der Waals surface area contributed by atoms with E-state index in [1.165, 1.54) is 4.31 Å². The summed E-state index contributed by atoms with van der Waals surface area (Å²) in [5.74, 6) is -0.488. The lowest BCUT2D eigenvalue weighted by Gasteiger charge is -2.30. The van der Waals surface area contributed by atoms with E-state index in [0.29, 0.717) is 28.8 Å². The summed E-state index contributed by atoms with van der Waals surface area (Å²) < 4.78 is 30.1. The minimum atomic E-state index is -3.73. The van der Waals surface area contributed by atoms with Gasteiger partial charge in [0, 0.05) is 30.7 Å². The van der Waals surface area contributed by atoms with E-state index in [9.17, 15) is 18.0 Å². The van der Waals surface area contributed by atoms with Crippen LogP contribution in [0.4, 0.5) is 5.69 Å². The monoisotopic (exact) mass is 484 g/mol. The van der Waals surface area contributed by atoms with Crippen molar-refractivity contribution in [3.05, 3.63) is 57.7 Å². The fourth-order valence-corrected chi connectivity index (χ4v) is 6.71. The van der Waals surface area contributed by atoms with Crippen molar-refractivity contribution in [3.8, 4) is 6.07 Å². The first kappa shape index (κ1) is 23.2. The predicted molar refractivity (Wildman–Crippen MR) is 128 cm³/mol. The van der Waals surface area contributed by atoms with Crippen LogP contribution in [0.25, 0.3) is 10.2 Å². The van der Waals surface area contributed by atoms with Gasteiger partial charge in [-0.3, -0.25) is 14.2 Å². The molecule has 172 valence electrons. The molecule has 1 N–H and O–H groups in total. The minimum absolute atomic E-state index is 0.0127. The summed E-state index contributed by atoms with van der Waals surface area (Å²) in [6, 6.07) is 13.5. The number of thiazole rings is 1. The molecule has 0 spiro atoms. The second-order valence-electron chi connectivity index (χ2n) is 8.32. The summed E-state index contributed by atoms with van der Waals surface area (Å²) in [5.41, 5.74) is 1.74. The van der Waals surface area contributed by atoms with Crippen molar-refractivity contribution in [2.45, 2.75) is 37.6 Å². The molecule has 1 saturated heterocycles. The Bertz CT molecular complexity index is 1410. The summed E-state index contributed by atoms with van der Waals surface area (Å²) >= 11 is 1.04. The highest BCUT2D eigenvalue weighted by Crippen LogP contribution is 2.28. The molecule has 33 heavy (non-hydrogen) atoms. The van der Waals surface area contributed by atoms with Crippen molar-refractivity contribution in [3.63, 3.8) is 0 Å². The molecule has 2 heterocycles. The van der Waals surface area contributed by atoms with Gasteiger partial charge in [-0.1, -0.05) is 17.4 Å². The van der Waals surface area contributed by atoms with E-state index < -0.39 is 10.0 Å². The Morgan fingerprint density at radius 1 is 1.18 bits per heavy atom. The summed E-state index contributed by atoms with van der Waals surface area (Å²) in [5, 5.41) is 11.8. The van der Waals surface area contributed by atoms with Crippen molar-refractivity contribution in [2.75, 3.05) is 18.4 Å². The number of nitrogens with zero attached hydrogens (tertiary/aromatic N) is 3. The minimum Gasteiger partial charge on any atom is -0.326 e. The third-order valence-corrected chi connectivity index (χ3v) is 8.64. The maximum absolute atomic E-state index is 13.2. The van der Waals surface area contributed by atoms with E-state index >= 15 is 0 Å². The van der Waals surface area contributed by atoms with Gasteiger partial charge in [0.25, 0.3) is 0 Å². The Kier molecular flexibility index (Phi) is 6.38. The number of fused-ring (bicyclic) bond motifs is 1. The first-order valence-electron chi connectivity index (χ1n) is 10.7. The lowest BCUT2D eigenvalue weighted by Crippen LogP contribution is -2.41. The molecule has 0 atom stereocenters. The van der Waals surface area contributed by atoms with Gasteiger partial charge >= 0.3 is 4.87 Å². The molecule has 3 aromatic rings. The number of hydrogen-bond donors (Lipinski definition) is 1. The second-order valence-corrected chi connectivity index (χ2v) is 11.3. The molecule has 0 unspecified atom stereocenters. The molecule has 8 nitrogen and oxygen atoms in total. The number of rotatable bonds is 5. The molecule has 2 aromatic carbocycles. The van der Waals surface area contributed by atoms with Gasteiger partial charge in [0.2, 0.25) is 15.9 Å². The average molecular weight is 485 g/mol. The van der Waals surface area contributed by atoms with Crippen LogP contribution < -0.4 is 10.2 Å². The quantitative estimate of drug-likeness (QED) is 0.595. The highest BCUT2D eigenvalue weighted by atomic mass is 32.2. The number of nitrogens with one attached hydrogen (secondary N) is 1. The summed E-state index contributed by atoms with van der Waals surface area (Å²) in [7, 11) is -3.73. The van der Waals surface area contributed by atoms with Crippen LogP contribution in [0.3, 0.4) is 0 Å². The largest absolute Gasteiger partial charge is 0.326 e. The molecule has 4 rings (SSSR count). The van der Waals surface area contributed by atoms with Crippen molar-refractivity contribution in [2.24, 2.45) is 5.92 Å². The zero-order valence-electron chi connectivity index (χ0n) is 18.3. The number of carbonyl (C=O) groups excluding carboxylic acids is 1. The topological polar surface area (TPSA) is 112 Å². The predicted octanol–water partition coefficient (Wildman–Crippen LogP) is 3.55. The van der Waals surface area contributed by atoms with Gasteiger partial charge in [0.05, 0.1) is 26.7 Å². The molecule has 0 saturated carbocycles. The zero-order chi connectivity index (χ0) is 23.8. The van der Waals surface area contributed by atoms with Gasteiger partial charge in [-0.25, -0.2) is 8.42 Å². The summed E-state index contributed by atoms with van der Waals surface area (Å²) in [6.07, 6.45) is 0.810. The number of aromatic nitrogens is 1. The van der Waals surface area contributed by atoms with Gasteiger partial charge in [-0.05, 0) is 63.1 Å². The van der Waals surface area contributed by atoms with Crippen LogP contribution in [-0.2, 0) is 14.8 Å². The standard InChI is InChI=1S/C23H24N4O4S2/c1-15(2)27-20-7-6-19(13-21(20)32-23(27)29)33(30,31)26-10-8-17(9-11-26)22(28)25-18-5-3-4-16(12-18)14-24/h3-7,12-13,15,17H,8-11H2,1-2H3,(H,25,28). The molecule has 0 bridgehead atoms. The van der Waals surface area contributed by atoms with Crippen LogP contribution in [0.5, 0.6) is 0 Å². The highest BCUT2D eigenvalue weighted by Gasteiger charge is 2.32. The zero-order valence-corrected chi connectivity index (χ0v) is 19.9. The van der Waals surface area contributed by atoms with Crippen LogP contribution in [0.15, 0.2) is 52.2 Å². The van der Waals surface area contributed by atoms with Crippen molar-refractivity contribution in [1.29, 1.82) is 5.26 Å². The van der Waals surface area contributed by atoms with E-state index in [1.807, 2.05) is 19.9 Å². The average Bonchev–Trinajstić information content (AvgIpc) is 3.14. The maximum atomic E-state index is 13.2. The molecule has 1 aliphatic heterocycles. The highest BCUT2D eigenvalue weighted by molar-refractivity contribution is 7.89. The lowest BCUT2D eigenvalue weighted by molar-refractivity contribution is -0.120. The van der Waals surface area contributed by atoms with Gasteiger partial charge in [0.15, 0.2) is 0 Å². The van der Waals surface area contributed by atoms with Crippen LogP contribution in [0.1, 0.15) is 38.3 Å². The fourth-order valence-electron chi connectivity index (χ4n) is 4.08. The number of benzene rings is 2. The van der Waals surface area contributed by atoms with E-state index in [1.54, 1.807) is 47.0 Å². The number of nitriles is 1. The van der Waals surface area contributed by atoms with Gasteiger partial charge in [-0.15, -0.1) is 0 Å². The summed E-state index contributed by atoms with van der Waals surface area (Å²) in [6.45, 7) is 4.30. The molecule has 0 aliphatic carbocycles. The lowest BCUT2D eigenvalue weighted by atomic mass is 9.97. The molecule has 1 aromatic heterocycles. The Morgan fingerprint density at radius 3 is 2.58 bits per heavy atom. The van der Waals surface area contributed by atoms with Crippen LogP contribution >= 0.6 is 11.3 Å². The third-order valence-electron chi connectivity index (χ3n) is 5.82. The molecule has 10 heteroatoms. The van der Waals surface area contributed by atoms with Crippen LogP contribution in [-0.4, -0.2) is 36.3 Å². The summed E-state index contributed by atoms with van der Waals surface area (Å²) in [4.78, 5) is 25.0. The number of amides is 1. The first-order chi connectivity index (χ1) is 15.7. The van der Waals surface area contributed by atoms with Crippen molar-refractivity contribution < 1.29 is 13.2 Å². The number of carbonyl (C=O) groups is 1. The third kappa shape index (κ3) is 4.57. The Labute approximate surface area is 196 Å². The van der Waals surface area contributed by atoms with Gasteiger partial charge < -0.3 is 5.32 Å². The Hall–Kier alpha value is -3.00. The van der Waals surface area contributed by atoms with Crippen molar-refractivity contribution >= 4 is 43.2 Å². The van der Waals surface area contributed by atoms with Crippen LogP contribution in [0, 0.1) is 17.2 Å². The van der Waals surface area contributed by atoms with Crippen LogP contribution in [0.2, 0.25) is 0 Å². The molecular formula is C23H24N4O4S2. The number of piperidine rings is 1. The smallest absolute Gasteiger partial charge is 0.308 e. The van der Waals surface area contributed by atoms with E-state index in [4.69, 9.17) is 5.26 Å². The van der Waals surface area contributed by atoms with E-state index in [0.717, 1.165) is 16.9 Å². The van der Waals surface area contributed by atoms with E-state index in [-0.39, 0.29) is 40.7 Å². The van der Waals surface area contributed by atoms with Gasteiger partial charge in [-0.2, -0.15) is 9.57 Å². The fraction of sp³-hybridized carbons (Fsp3) is 0.348. The van der Waals surface area contributed by atoms with Gasteiger partial charge in [0.1, 0.15) is 0 Å². The number of hydrogen-bond acceptors (Lipinski definition) is 6. The van der Waals surface area contributed by atoms with Crippen molar-refractivity contribution in [1.82, 2.24) is 8.87 Å². The first-order valence-corrected chi connectivity index (χ1v) is 12.9. The molecule has 1 fully saturated rings. The Morgan fingerprint density at radius 2 is 1.91 bits per heavy atom. The molecule has 1 amide bonds. The Balaban J connectivity index is 1.46. The molecule has 0 radical (unpaired) electrons.